The number of amides is 1. The normalized spacial score (nSPS) is 30.9. The van der Waals surface area contributed by atoms with E-state index in [0.717, 1.165) is 12.5 Å². The Morgan fingerprint density at radius 1 is 1.50 bits per heavy atom. The molecule has 1 saturated carbocycles. The lowest BCUT2D eigenvalue weighted by atomic mass is 10.2. The highest BCUT2D eigenvalue weighted by atomic mass is 35.5. The van der Waals surface area contributed by atoms with E-state index in [1.165, 1.54) is 12.8 Å². The van der Waals surface area contributed by atoms with Crippen LogP contribution in [0.4, 0.5) is 0 Å². The van der Waals surface area contributed by atoms with Gasteiger partial charge in [0.2, 0.25) is 5.91 Å². The minimum atomic E-state index is -0.350. The van der Waals surface area contributed by atoms with Crippen LogP contribution in [0.5, 0.6) is 0 Å². The van der Waals surface area contributed by atoms with E-state index in [4.69, 9.17) is 0 Å². The Morgan fingerprint density at radius 2 is 2.21 bits per heavy atom. The zero-order valence-corrected chi connectivity index (χ0v) is 8.85. The summed E-state index contributed by atoms with van der Waals surface area (Å²) in [5.74, 6) is 0.763. The van der Waals surface area contributed by atoms with Crippen LogP contribution in [0, 0.1) is 5.92 Å². The number of carbonyl (C=O) groups is 1. The summed E-state index contributed by atoms with van der Waals surface area (Å²) in [7, 11) is 0. The predicted molar refractivity (Wildman–Crippen MR) is 55.4 cm³/mol. The number of β-amino-alcohol motifs (C(OH)–C–C–N with tert-alkyl or cyclic N) is 1. The number of aliphatic hydroxyl groups excluding tert-OH is 1. The van der Waals surface area contributed by atoms with E-state index in [1.807, 2.05) is 0 Å². The first-order valence-corrected chi connectivity index (χ1v) is 4.95. The lowest BCUT2D eigenvalue weighted by Crippen LogP contribution is -2.41. The topological polar surface area (TPSA) is 61.4 Å². The lowest BCUT2D eigenvalue weighted by Gasteiger charge is -2.09. The van der Waals surface area contributed by atoms with Crippen LogP contribution in [0.1, 0.15) is 19.3 Å². The maximum Gasteiger partial charge on any atom is 0.237 e. The Kier molecular flexibility index (Phi) is 4.16. The summed E-state index contributed by atoms with van der Waals surface area (Å²) in [5, 5.41) is 15.1. The molecule has 2 fully saturated rings. The van der Waals surface area contributed by atoms with Gasteiger partial charge in [0.15, 0.2) is 0 Å². The molecule has 0 aromatic carbocycles. The maximum atomic E-state index is 11.4. The standard InChI is InChI=1S/C9H16N2O2.ClH/c12-7-3-8(10-5-7)9(13)11-4-6-1-2-6;/h6-8,10,12H,1-5H2,(H,11,13);1H/t7-,8+;/m0./s1. The summed E-state index contributed by atoms with van der Waals surface area (Å²) in [6.45, 7) is 1.36. The molecule has 2 rings (SSSR count). The van der Waals surface area contributed by atoms with Gasteiger partial charge in [0.1, 0.15) is 0 Å². The van der Waals surface area contributed by atoms with Crippen molar-refractivity contribution in [3.05, 3.63) is 0 Å². The SMILES string of the molecule is Cl.O=C(NCC1CC1)[C@H]1C[C@H](O)CN1. The van der Waals surface area contributed by atoms with Crippen molar-refractivity contribution in [1.82, 2.24) is 10.6 Å². The fourth-order valence-electron chi connectivity index (χ4n) is 1.61. The molecular weight excluding hydrogens is 204 g/mol. The Labute approximate surface area is 89.9 Å². The molecule has 14 heavy (non-hydrogen) atoms. The van der Waals surface area contributed by atoms with Gasteiger partial charge in [-0.3, -0.25) is 4.79 Å². The van der Waals surface area contributed by atoms with Gasteiger partial charge in [0.05, 0.1) is 12.1 Å². The average Bonchev–Trinajstić information content (AvgIpc) is 2.84. The van der Waals surface area contributed by atoms with Gasteiger partial charge in [0.25, 0.3) is 0 Å². The second-order valence-corrected chi connectivity index (χ2v) is 4.04. The molecule has 5 heteroatoms. The number of hydrogen-bond donors (Lipinski definition) is 3. The van der Waals surface area contributed by atoms with Gasteiger partial charge in [-0.15, -0.1) is 12.4 Å². The summed E-state index contributed by atoms with van der Waals surface area (Å²) in [6.07, 6.45) is 2.70. The maximum absolute atomic E-state index is 11.4. The van der Waals surface area contributed by atoms with E-state index in [0.29, 0.717) is 13.0 Å². The second kappa shape index (κ2) is 4.96. The van der Waals surface area contributed by atoms with Crippen molar-refractivity contribution >= 4 is 18.3 Å². The zero-order chi connectivity index (χ0) is 9.26. The molecule has 0 bridgehead atoms. The molecule has 1 heterocycles. The van der Waals surface area contributed by atoms with Crippen molar-refractivity contribution in [2.24, 2.45) is 5.92 Å². The van der Waals surface area contributed by atoms with Crippen LogP contribution in [-0.2, 0) is 4.79 Å². The molecule has 0 unspecified atom stereocenters. The summed E-state index contributed by atoms with van der Waals surface area (Å²) < 4.78 is 0. The van der Waals surface area contributed by atoms with E-state index in [2.05, 4.69) is 10.6 Å². The smallest absolute Gasteiger partial charge is 0.237 e. The molecule has 0 aromatic rings. The fourth-order valence-corrected chi connectivity index (χ4v) is 1.61. The summed E-state index contributed by atoms with van der Waals surface area (Å²) in [4.78, 5) is 11.4. The molecule has 1 aliphatic carbocycles. The Balaban J connectivity index is 0.000000980. The van der Waals surface area contributed by atoms with E-state index in [-0.39, 0.29) is 30.5 Å². The van der Waals surface area contributed by atoms with E-state index in [9.17, 15) is 9.90 Å². The van der Waals surface area contributed by atoms with Crippen molar-refractivity contribution in [3.63, 3.8) is 0 Å². The number of aliphatic hydroxyl groups is 1. The van der Waals surface area contributed by atoms with Gasteiger partial charge in [-0.2, -0.15) is 0 Å². The molecule has 2 aliphatic rings. The molecule has 2 atom stereocenters. The summed E-state index contributed by atoms with van der Waals surface area (Å²) in [5.41, 5.74) is 0. The number of halogens is 1. The quantitative estimate of drug-likeness (QED) is 0.610. The van der Waals surface area contributed by atoms with Gasteiger partial charge in [0, 0.05) is 13.1 Å². The van der Waals surface area contributed by atoms with Crippen LogP contribution in [0.2, 0.25) is 0 Å². The minimum absolute atomic E-state index is 0. The first kappa shape index (κ1) is 11.8. The summed E-state index contributed by atoms with van der Waals surface area (Å²) >= 11 is 0. The minimum Gasteiger partial charge on any atom is -0.392 e. The van der Waals surface area contributed by atoms with Crippen molar-refractivity contribution in [2.45, 2.75) is 31.4 Å². The second-order valence-electron chi connectivity index (χ2n) is 4.04. The molecule has 0 radical (unpaired) electrons. The largest absolute Gasteiger partial charge is 0.392 e. The van der Waals surface area contributed by atoms with Gasteiger partial charge in [-0.1, -0.05) is 0 Å². The molecule has 1 saturated heterocycles. The van der Waals surface area contributed by atoms with E-state index < -0.39 is 0 Å². The van der Waals surface area contributed by atoms with E-state index in [1.54, 1.807) is 0 Å². The number of rotatable bonds is 3. The first-order chi connectivity index (χ1) is 6.25. The molecule has 3 N–H and O–H groups in total. The van der Waals surface area contributed by atoms with Crippen LogP contribution < -0.4 is 10.6 Å². The van der Waals surface area contributed by atoms with Crippen molar-refractivity contribution in [2.75, 3.05) is 13.1 Å². The predicted octanol–water partition coefficient (Wildman–Crippen LogP) is -0.343. The van der Waals surface area contributed by atoms with Crippen molar-refractivity contribution in [1.29, 1.82) is 0 Å². The highest BCUT2D eigenvalue weighted by Crippen LogP contribution is 2.27. The van der Waals surface area contributed by atoms with Gasteiger partial charge in [-0.25, -0.2) is 0 Å². The average molecular weight is 221 g/mol. The highest BCUT2D eigenvalue weighted by Gasteiger charge is 2.29. The molecule has 82 valence electrons. The first-order valence-electron chi connectivity index (χ1n) is 4.95. The molecule has 4 nitrogen and oxygen atoms in total. The number of hydrogen-bond acceptors (Lipinski definition) is 3. The fraction of sp³-hybridized carbons (Fsp3) is 0.889. The number of nitrogens with one attached hydrogen (secondary N) is 2. The van der Waals surface area contributed by atoms with Crippen LogP contribution in [-0.4, -0.2) is 36.2 Å². The molecular formula is C9H17ClN2O2. The lowest BCUT2D eigenvalue weighted by molar-refractivity contribution is -0.123. The van der Waals surface area contributed by atoms with Crippen LogP contribution in [0.15, 0.2) is 0 Å². The number of carbonyl (C=O) groups excluding carboxylic acids is 1. The van der Waals surface area contributed by atoms with E-state index >= 15 is 0 Å². The van der Waals surface area contributed by atoms with Crippen LogP contribution in [0.25, 0.3) is 0 Å². The van der Waals surface area contributed by atoms with Gasteiger partial charge < -0.3 is 15.7 Å². The van der Waals surface area contributed by atoms with Crippen molar-refractivity contribution in [3.8, 4) is 0 Å². The van der Waals surface area contributed by atoms with Crippen LogP contribution >= 0.6 is 12.4 Å². The molecule has 1 amide bonds. The monoisotopic (exact) mass is 220 g/mol. The van der Waals surface area contributed by atoms with Crippen molar-refractivity contribution < 1.29 is 9.90 Å². The zero-order valence-electron chi connectivity index (χ0n) is 8.03. The third-order valence-corrected chi connectivity index (χ3v) is 2.69. The van der Waals surface area contributed by atoms with Gasteiger partial charge >= 0.3 is 0 Å². The highest BCUT2D eigenvalue weighted by molar-refractivity contribution is 5.85. The van der Waals surface area contributed by atoms with Gasteiger partial charge in [-0.05, 0) is 25.2 Å². The molecule has 1 aliphatic heterocycles. The summed E-state index contributed by atoms with van der Waals surface area (Å²) in [6, 6.07) is -0.172. The van der Waals surface area contributed by atoms with Crippen LogP contribution in [0.3, 0.4) is 0 Å². The Bertz CT molecular complexity index is 209. The molecule has 0 aromatic heterocycles. The molecule has 0 spiro atoms. The third-order valence-electron chi connectivity index (χ3n) is 2.69. The third kappa shape index (κ3) is 3.12. The Morgan fingerprint density at radius 3 is 2.71 bits per heavy atom. The Hall–Kier alpha value is -0.320.